The number of benzene rings is 2. The summed E-state index contributed by atoms with van der Waals surface area (Å²) in [6.07, 6.45) is 2.20. The molecule has 2 aromatic rings. The first-order valence-electron chi connectivity index (χ1n) is 8.63. The molecule has 0 aromatic heterocycles. The Kier molecular flexibility index (Phi) is 5.66. The zero-order chi connectivity index (χ0) is 17.6. The highest BCUT2D eigenvalue weighted by Crippen LogP contribution is 2.23. The molecule has 2 aromatic carbocycles. The number of nitrogens with one attached hydrogen (secondary N) is 1. The van der Waals surface area contributed by atoms with Gasteiger partial charge in [-0.05, 0) is 68.8 Å². The first kappa shape index (κ1) is 17.4. The molecule has 1 aliphatic rings. The third-order valence-corrected chi connectivity index (χ3v) is 4.43. The van der Waals surface area contributed by atoms with Crippen molar-refractivity contribution >= 4 is 5.91 Å². The summed E-state index contributed by atoms with van der Waals surface area (Å²) in [5.41, 5.74) is 0.650. The maximum Gasteiger partial charge on any atom is 0.253 e. The lowest BCUT2D eigenvalue weighted by Gasteiger charge is -2.32. The van der Waals surface area contributed by atoms with E-state index in [4.69, 9.17) is 4.74 Å². The summed E-state index contributed by atoms with van der Waals surface area (Å²) in [4.78, 5) is 14.6. The molecule has 1 unspecified atom stereocenters. The predicted octanol–water partition coefficient (Wildman–Crippen LogP) is 3.69. The molecule has 0 saturated carbocycles. The number of nitrogens with zero attached hydrogens (tertiary/aromatic N) is 1. The molecule has 1 amide bonds. The number of hydrogen-bond donors (Lipinski definition) is 1. The number of amides is 1. The van der Waals surface area contributed by atoms with Crippen LogP contribution in [-0.2, 0) is 0 Å². The summed E-state index contributed by atoms with van der Waals surface area (Å²) in [7, 11) is 1.94. The van der Waals surface area contributed by atoms with Crippen molar-refractivity contribution < 1.29 is 13.9 Å². The topological polar surface area (TPSA) is 41.6 Å². The smallest absolute Gasteiger partial charge is 0.253 e. The molecule has 1 saturated heterocycles. The fourth-order valence-corrected chi connectivity index (χ4v) is 3.22. The fourth-order valence-electron chi connectivity index (χ4n) is 3.22. The molecular weight excluding hydrogens is 319 g/mol. The Bertz CT molecular complexity index is 716. The highest BCUT2D eigenvalue weighted by molar-refractivity contribution is 5.94. The van der Waals surface area contributed by atoms with Crippen LogP contribution in [0.3, 0.4) is 0 Å². The SMILES string of the molecule is CNCC1CCCN(C(=O)c2ccc(Oc3cccc(F)c3)cc2)C1. The Morgan fingerprint density at radius 1 is 1.24 bits per heavy atom. The van der Waals surface area contributed by atoms with Crippen molar-refractivity contribution in [3.8, 4) is 11.5 Å². The zero-order valence-corrected chi connectivity index (χ0v) is 14.4. The van der Waals surface area contributed by atoms with Crippen molar-refractivity contribution in [1.82, 2.24) is 10.2 Å². The minimum atomic E-state index is -0.342. The van der Waals surface area contributed by atoms with E-state index in [-0.39, 0.29) is 11.7 Å². The maximum absolute atomic E-state index is 13.2. The minimum absolute atomic E-state index is 0.0538. The number of piperidine rings is 1. The van der Waals surface area contributed by atoms with Crippen LogP contribution in [0.25, 0.3) is 0 Å². The number of rotatable bonds is 5. The minimum Gasteiger partial charge on any atom is -0.457 e. The van der Waals surface area contributed by atoms with Gasteiger partial charge in [-0.2, -0.15) is 0 Å². The first-order valence-corrected chi connectivity index (χ1v) is 8.63. The van der Waals surface area contributed by atoms with Crippen molar-refractivity contribution in [3.05, 3.63) is 59.9 Å². The molecule has 1 atom stereocenters. The molecule has 1 heterocycles. The molecule has 0 aliphatic carbocycles. The third kappa shape index (κ3) is 4.57. The van der Waals surface area contributed by atoms with Crippen LogP contribution in [0.15, 0.2) is 48.5 Å². The number of carbonyl (C=O) groups is 1. The standard InChI is InChI=1S/C20H23FN2O2/c1-22-13-15-4-3-11-23(14-15)20(24)16-7-9-18(10-8-16)25-19-6-2-5-17(21)12-19/h2,5-10,12,15,22H,3-4,11,13-14H2,1H3. The van der Waals surface area contributed by atoms with Gasteiger partial charge in [0.2, 0.25) is 0 Å². The molecule has 5 heteroatoms. The summed E-state index contributed by atoms with van der Waals surface area (Å²) in [5, 5.41) is 3.19. The Balaban J connectivity index is 1.64. The molecule has 4 nitrogen and oxygen atoms in total. The van der Waals surface area contributed by atoms with Gasteiger partial charge in [-0.3, -0.25) is 4.79 Å². The molecule has 1 aliphatic heterocycles. The monoisotopic (exact) mass is 342 g/mol. The second-order valence-electron chi connectivity index (χ2n) is 6.40. The number of ether oxygens (including phenoxy) is 1. The van der Waals surface area contributed by atoms with Crippen molar-refractivity contribution in [2.75, 3.05) is 26.7 Å². The van der Waals surface area contributed by atoms with Gasteiger partial charge in [0.25, 0.3) is 5.91 Å². The lowest BCUT2D eigenvalue weighted by Crippen LogP contribution is -2.42. The average molecular weight is 342 g/mol. The Labute approximate surface area is 147 Å². The average Bonchev–Trinajstić information content (AvgIpc) is 2.62. The van der Waals surface area contributed by atoms with Gasteiger partial charge in [-0.1, -0.05) is 6.07 Å². The van der Waals surface area contributed by atoms with Crippen molar-refractivity contribution in [2.24, 2.45) is 5.92 Å². The molecule has 0 spiro atoms. The molecule has 0 bridgehead atoms. The number of hydrogen-bond acceptors (Lipinski definition) is 3. The van der Waals surface area contributed by atoms with E-state index < -0.39 is 0 Å². The fraction of sp³-hybridized carbons (Fsp3) is 0.350. The van der Waals surface area contributed by atoms with E-state index in [2.05, 4.69) is 5.32 Å². The zero-order valence-electron chi connectivity index (χ0n) is 14.4. The number of likely N-dealkylation sites (tertiary alicyclic amines) is 1. The van der Waals surface area contributed by atoms with Crippen LogP contribution >= 0.6 is 0 Å². The van der Waals surface area contributed by atoms with Gasteiger partial charge >= 0.3 is 0 Å². The molecule has 0 radical (unpaired) electrons. The van der Waals surface area contributed by atoms with Gasteiger partial charge in [0, 0.05) is 24.7 Å². The van der Waals surface area contributed by atoms with Crippen LogP contribution in [0, 0.1) is 11.7 Å². The molecule has 3 rings (SSSR count). The van der Waals surface area contributed by atoms with Gasteiger partial charge < -0.3 is 15.0 Å². The summed E-state index contributed by atoms with van der Waals surface area (Å²) < 4.78 is 18.8. The van der Waals surface area contributed by atoms with E-state index in [0.29, 0.717) is 23.0 Å². The van der Waals surface area contributed by atoms with E-state index in [1.54, 1.807) is 36.4 Å². The van der Waals surface area contributed by atoms with E-state index in [1.807, 2.05) is 11.9 Å². The van der Waals surface area contributed by atoms with E-state index in [0.717, 1.165) is 32.5 Å². The second kappa shape index (κ2) is 8.12. The highest BCUT2D eigenvalue weighted by atomic mass is 19.1. The van der Waals surface area contributed by atoms with Crippen molar-refractivity contribution in [2.45, 2.75) is 12.8 Å². The third-order valence-electron chi connectivity index (χ3n) is 4.43. The van der Waals surface area contributed by atoms with Crippen LogP contribution in [0.2, 0.25) is 0 Å². The lowest BCUT2D eigenvalue weighted by molar-refractivity contribution is 0.0674. The Morgan fingerprint density at radius 2 is 2.04 bits per heavy atom. The van der Waals surface area contributed by atoms with Crippen LogP contribution < -0.4 is 10.1 Å². The van der Waals surface area contributed by atoms with Crippen molar-refractivity contribution in [1.29, 1.82) is 0 Å². The summed E-state index contributed by atoms with van der Waals surface area (Å²) in [5.74, 6) is 1.24. The van der Waals surface area contributed by atoms with E-state index >= 15 is 0 Å². The van der Waals surface area contributed by atoms with Gasteiger partial charge in [0.05, 0.1) is 0 Å². The van der Waals surface area contributed by atoms with Crippen LogP contribution in [0.1, 0.15) is 23.2 Å². The largest absolute Gasteiger partial charge is 0.457 e. The highest BCUT2D eigenvalue weighted by Gasteiger charge is 2.24. The Hall–Kier alpha value is -2.40. The summed E-state index contributed by atoms with van der Waals surface area (Å²) in [6, 6.07) is 13.0. The van der Waals surface area contributed by atoms with E-state index in [1.165, 1.54) is 12.1 Å². The first-order chi connectivity index (χ1) is 12.2. The lowest BCUT2D eigenvalue weighted by atomic mass is 9.97. The van der Waals surface area contributed by atoms with E-state index in [9.17, 15) is 9.18 Å². The Morgan fingerprint density at radius 3 is 2.76 bits per heavy atom. The van der Waals surface area contributed by atoms with Crippen LogP contribution in [0.4, 0.5) is 4.39 Å². The predicted molar refractivity (Wildman–Crippen MR) is 95.5 cm³/mol. The van der Waals surface area contributed by atoms with Gasteiger partial charge in [0.1, 0.15) is 17.3 Å². The van der Waals surface area contributed by atoms with Gasteiger partial charge in [-0.25, -0.2) is 4.39 Å². The van der Waals surface area contributed by atoms with Crippen LogP contribution in [-0.4, -0.2) is 37.5 Å². The molecule has 1 N–H and O–H groups in total. The molecule has 25 heavy (non-hydrogen) atoms. The van der Waals surface area contributed by atoms with Crippen molar-refractivity contribution in [3.63, 3.8) is 0 Å². The van der Waals surface area contributed by atoms with Crippen LogP contribution in [0.5, 0.6) is 11.5 Å². The normalized spacial score (nSPS) is 17.4. The summed E-state index contributed by atoms with van der Waals surface area (Å²) >= 11 is 0. The number of halogens is 1. The second-order valence-corrected chi connectivity index (χ2v) is 6.40. The summed E-state index contributed by atoms with van der Waals surface area (Å²) in [6.45, 7) is 2.53. The van der Waals surface area contributed by atoms with Gasteiger partial charge in [0.15, 0.2) is 0 Å². The molecule has 1 fully saturated rings. The molecule has 132 valence electrons. The number of carbonyl (C=O) groups excluding carboxylic acids is 1. The maximum atomic E-state index is 13.2. The molecular formula is C20H23FN2O2. The van der Waals surface area contributed by atoms with Gasteiger partial charge in [-0.15, -0.1) is 0 Å². The quantitative estimate of drug-likeness (QED) is 0.901.